The van der Waals surface area contributed by atoms with Gasteiger partial charge < -0.3 is 0 Å². The highest BCUT2D eigenvalue weighted by molar-refractivity contribution is 6.12. The second kappa shape index (κ2) is 6.62. The lowest BCUT2D eigenvalue weighted by atomic mass is 9.85. The number of aryl methyl sites for hydroxylation is 2. The lowest BCUT2D eigenvalue weighted by molar-refractivity contribution is 0.103. The SMILES string of the molecule is Cc1ccccc1C.O=C1c2ccccc2Cc2ccccc21. The lowest BCUT2D eigenvalue weighted by Gasteiger charge is -2.17. The zero-order valence-corrected chi connectivity index (χ0v) is 13.5. The van der Waals surface area contributed by atoms with Gasteiger partial charge in [-0.3, -0.25) is 4.79 Å². The third kappa shape index (κ3) is 3.24. The van der Waals surface area contributed by atoms with Gasteiger partial charge in [0.15, 0.2) is 5.78 Å². The van der Waals surface area contributed by atoms with Crippen LogP contribution in [0.5, 0.6) is 0 Å². The zero-order valence-electron chi connectivity index (χ0n) is 13.5. The molecule has 1 heteroatoms. The van der Waals surface area contributed by atoms with Gasteiger partial charge in [0.05, 0.1) is 0 Å². The molecule has 0 bridgehead atoms. The summed E-state index contributed by atoms with van der Waals surface area (Å²) in [6.07, 6.45) is 0.873. The number of benzene rings is 3. The van der Waals surface area contributed by atoms with Crippen LogP contribution in [-0.4, -0.2) is 5.78 Å². The Hall–Kier alpha value is -2.67. The van der Waals surface area contributed by atoms with Gasteiger partial charge >= 0.3 is 0 Å². The number of hydrogen-bond acceptors (Lipinski definition) is 1. The van der Waals surface area contributed by atoms with E-state index in [0.29, 0.717) is 0 Å². The van der Waals surface area contributed by atoms with E-state index in [1.807, 2.05) is 48.5 Å². The Morgan fingerprint density at radius 2 is 1.00 bits per heavy atom. The Kier molecular flexibility index (Phi) is 4.38. The van der Waals surface area contributed by atoms with Crippen molar-refractivity contribution in [1.29, 1.82) is 0 Å². The molecule has 0 amide bonds. The fourth-order valence-electron chi connectivity index (χ4n) is 2.80. The predicted octanol–water partition coefficient (Wildman–Crippen LogP) is 5.13. The van der Waals surface area contributed by atoms with Gasteiger partial charge in [0.2, 0.25) is 0 Å². The second-order valence-corrected chi connectivity index (χ2v) is 5.90. The van der Waals surface area contributed by atoms with Gasteiger partial charge in [-0.05, 0) is 42.5 Å². The summed E-state index contributed by atoms with van der Waals surface area (Å²) in [5, 5.41) is 0. The van der Waals surface area contributed by atoms with Gasteiger partial charge in [-0.1, -0.05) is 72.8 Å². The number of hydrogen-bond donors (Lipinski definition) is 0. The summed E-state index contributed by atoms with van der Waals surface area (Å²) in [6.45, 7) is 4.24. The van der Waals surface area contributed by atoms with Crippen molar-refractivity contribution >= 4 is 5.78 Å². The maximum absolute atomic E-state index is 12.1. The van der Waals surface area contributed by atoms with Crippen molar-refractivity contribution in [3.05, 3.63) is 106 Å². The third-order valence-corrected chi connectivity index (χ3v) is 4.33. The molecule has 114 valence electrons. The van der Waals surface area contributed by atoms with Crippen LogP contribution in [0.3, 0.4) is 0 Å². The first-order chi connectivity index (χ1) is 11.2. The molecule has 0 saturated carbocycles. The molecule has 0 unspecified atom stereocenters. The van der Waals surface area contributed by atoms with Gasteiger partial charge in [-0.2, -0.15) is 0 Å². The molecule has 0 radical (unpaired) electrons. The standard InChI is InChI=1S/C14H10O.C8H10/c15-14-12-7-3-1-5-10(12)9-11-6-2-4-8-13(11)14;1-7-5-3-4-6-8(7)2/h1-8H,9H2;3-6H,1-2H3. The van der Waals surface area contributed by atoms with Gasteiger partial charge in [0.1, 0.15) is 0 Å². The van der Waals surface area contributed by atoms with Crippen molar-refractivity contribution in [1.82, 2.24) is 0 Å². The summed E-state index contributed by atoms with van der Waals surface area (Å²) >= 11 is 0. The van der Waals surface area contributed by atoms with E-state index < -0.39 is 0 Å². The molecule has 0 N–H and O–H groups in total. The molecule has 4 rings (SSSR count). The van der Waals surface area contributed by atoms with Gasteiger partial charge in [-0.25, -0.2) is 0 Å². The summed E-state index contributed by atoms with van der Waals surface area (Å²) in [6, 6.07) is 24.1. The average Bonchev–Trinajstić information content (AvgIpc) is 2.59. The molecule has 23 heavy (non-hydrogen) atoms. The largest absolute Gasteiger partial charge is 0.289 e. The number of rotatable bonds is 0. The molecular formula is C22H20O. The molecule has 3 aromatic rings. The minimum atomic E-state index is 0.160. The monoisotopic (exact) mass is 300 g/mol. The normalized spacial score (nSPS) is 11.8. The summed E-state index contributed by atoms with van der Waals surface area (Å²) in [5.74, 6) is 0.160. The van der Waals surface area contributed by atoms with Crippen LogP contribution in [-0.2, 0) is 6.42 Å². The van der Waals surface area contributed by atoms with Crippen molar-refractivity contribution in [2.75, 3.05) is 0 Å². The van der Waals surface area contributed by atoms with Crippen LogP contribution in [0.1, 0.15) is 38.2 Å². The van der Waals surface area contributed by atoms with Crippen LogP contribution in [0.25, 0.3) is 0 Å². The molecular weight excluding hydrogens is 280 g/mol. The van der Waals surface area contributed by atoms with Crippen LogP contribution in [0.4, 0.5) is 0 Å². The second-order valence-electron chi connectivity index (χ2n) is 5.90. The average molecular weight is 300 g/mol. The molecule has 0 fully saturated rings. The molecule has 3 aromatic carbocycles. The third-order valence-electron chi connectivity index (χ3n) is 4.33. The molecule has 1 aliphatic carbocycles. The topological polar surface area (TPSA) is 17.1 Å². The highest BCUT2D eigenvalue weighted by atomic mass is 16.1. The van der Waals surface area contributed by atoms with E-state index in [1.54, 1.807) is 0 Å². The molecule has 0 atom stereocenters. The molecule has 0 spiro atoms. The fraction of sp³-hybridized carbons (Fsp3) is 0.136. The smallest absolute Gasteiger partial charge is 0.193 e. The van der Waals surface area contributed by atoms with E-state index >= 15 is 0 Å². The Morgan fingerprint density at radius 1 is 0.609 bits per heavy atom. The van der Waals surface area contributed by atoms with Crippen molar-refractivity contribution in [2.45, 2.75) is 20.3 Å². The van der Waals surface area contributed by atoms with Crippen LogP contribution in [0, 0.1) is 13.8 Å². The number of ketones is 1. The Morgan fingerprint density at radius 3 is 1.43 bits per heavy atom. The van der Waals surface area contributed by atoms with Gasteiger partial charge in [-0.15, -0.1) is 0 Å². The minimum Gasteiger partial charge on any atom is -0.289 e. The highest BCUT2D eigenvalue weighted by Crippen LogP contribution is 2.26. The lowest BCUT2D eigenvalue weighted by Crippen LogP contribution is -2.14. The van der Waals surface area contributed by atoms with Gasteiger partial charge in [0, 0.05) is 11.1 Å². The van der Waals surface area contributed by atoms with E-state index in [-0.39, 0.29) is 5.78 Å². The number of carbonyl (C=O) groups excluding carboxylic acids is 1. The number of fused-ring (bicyclic) bond motifs is 2. The van der Waals surface area contributed by atoms with Crippen molar-refractivity contribution in [3.8, 4) is 0 Å². The van der Waals surface area contributed by atoms with Gasteiger partial charge in [0.25, 0.3) is 0 Å². The molecule has 0 aromatic heterocycles. The van der Waals surface area contributed by atoms with Crippen molar-refractivity contribution < 1.29 is 4.79 Å². The zero-order chi connectivity index (χ0) is 16.2. The van der Waals surface area contributed by atoms with Crippen molar-refractivity contribution in [2.24, 2.45) is 0 Å². The van der Waals surface area contributed by atoms with Crippen LogP contribution in [0.15, 0.2) is 72.8 Å². The van der Waals surface area contributed by atoms with E-state index in [9.17, 15) is 4.79 Å². The molecule has 1 aliphatic rings. The first-order valence-electron chi connectivity index (χ1n) is 7.89. The Bertz CT molecular complexity index is 777. The highest BCUT2D eigenvalue weighted by Gasteiger charge is 2.21. The van der Waals surface area contributed by atoms with E-state index in [1.165, 1.54) is 11.1 Å². The summed E-state index contributed by atoms with van der Waals surface area (Å²) in [7, 11) is 0. The van der Waals surface area contributed by atoms with E-state index in [2.05, 4.69) is 38.1 Å². The maximum Gasteiger partial charge on any atom is 0.193 e. The first kappa shape index (κ1) is 15.2. The summed E-state index contributed by atoms with van der Waals surface area (Å²) in [5.41, 5.74) is 6.73. The minimum absolute atomic E-state index is 0.160. The Labute approximate surface area is 137 Å². The molecule has 0 aliphatic heterocycles. The Balaban J connectivity index is 0.000000166. The first-order valence-corrected chi connectivity index (χ1v) is 7.89. The summed E-state index contributed by atoms with van der Waals surface area (Å²) in [4.78, 5) is 12.1. The number of carbonyl (C=O) groups is 1. The van der Waals surface area contributed by atoms with Crippen LogP contribution >= 0.6 is 0 Å². The molecule has 0 heterocycles. The maximum atomic E-state index is 12.1. The fourth-order valence-corrected chi connectivity index (χ4v) is 2.80. The van der Waals surface area contributed by atoms with E-state index in [4.69, 9.17) is 0 Å². The molecule has 1 nitrogen and oxygen atoms in total. The van der Waals surface area contributed by atoms with E-state index in [0.717, 1.165) is 28.7 Å². The van der Waals surface area contributed by atoms with Crippen LogP contribution < -0.4 is 0 Å². The molecule has 0 saturated heterocycles. The van der Waals surface area contributed by atoms with Crippen molar-refractivity contribution in [3.63, 3.8) is 0 Å². The quantitative estimate of drug-likeness (QED) is 0.440. The van der Waals surface area contributed by atoms with Crippen LogP contribution in [0.2, 0.25) is 0 Å². The summed E-state index contributed by atoms with van der Waals surface area (Å²) < 4.78 is 0. The predicted molar refractivity (Wildman–Crippen MR) is 95.0 cm³/mol.